The summed E-state index contributed by atoms with van der Waals surface area (Å²) in [6.07, 6.45) is 7.03. The number of aromatic hydroxyl groups is 1. The monoisotopic (exact) mass is 577 g/mol. The summed E-state index contributed by atoms with van der Waals surface area (Å²) in [5.74, 6) is 0.829. The fourth-order valence-electron chi connectivity index (χ4n) is 5.29. The molecule has 0 saturated carbocycles. The van der Waals surface area contributed by atoms with E-state index in [4.69, 9.17) is 9.82 Å². The first-order valence-corrected chi connectivity index (χ1v) is 14.3. The predicted octanol–water partition coefficient (Wildman–Crippen LogP) is 7.34. The van der Waals surface area contributed by atoms with Crippen molar-refractivity contribution in [1.82, 2.24) is 15.0 Å². The van der Waals surface area contributed by atoms with E-state index >= 15 is 0 Å². The maximum atomic E-state index is 10.7. The molecule has 0 bridgehead atoms. The van der Waals surface area contributed by atoms with Crippen LogP contribution in [-0.2, 0) is 0 Å². The van der Waals surface area contributed by atoms with Crippen molar-refractivity contribution < 1.29 is 14.7 Å². The van der Waals surface area contributed by atoms with Crippen molar-refractivity contribution in [3.63, 3.8) is 0 Å². The van der Waals surface area contributed by atoms with E-state index in [-0.39, 0.29) is 17.6 Å². The van der Waals surface area contributed by atoms with Crippen LogP contribution < -0.4 is 9.57 Å². The summed E-state index contributed by atoms with van der Waals surface area (Å²) < 4.78 is 1.67. The van der Waals surface area contributed by atoms with Gasteiger partial charge in [0.25, 0.3) is 5.52 Å². The molecule has 0 aliphatic heterocycles. The second-order valence-electron chi connectivity index (χ2n) is 11.3. The Morgan fingerprint density at radius 3 is 2.20 bits per heavy atom. The molecule has 0 aliphatic carbocycles. The Hall–Kier alpha value is -5.86. The van der Waals surface area contributed by atoms with Crippen molar-refractivity contribution in [3.8, 4) is 45.9 Å². The third kappa shape index (κ3) is 5.26. The summed E-state index contributed by atoms with van der Waals surface area (Å²) in [4.78, 5) is 20.3. The van der Waals surface area contributed by atoms with Crippen molar-refractivity contribution in [1.29, 1.82) is 10.5 Å². The molecule has 0 fully saturated rings. The van der Waals surface area contributed by atoms with E-state index in [0.29, 0.717) is 28.1 Å². The smallest absolute Gasteiger partial charge is 0.265 e. The molecule has 0 amide bonds. The average molecular weight is 578 g/mol. The molecule has 0 saturated heterocycles. The van der Waals surface area contributed by atoms with E-state index in [1.54, 1.807) is 35.3 Å². The minimum Gasteiger partial charge on any atom is -0.506 e. The molecule has 0 radical (unpaired) electrons. The van der Waals surface area contributed by atoms with Gasteiger partial charge in [-0.25, -0.2) is 4.84 Å². The van der Waals surface area contributed by atoms with Gasteiger partial charge in [0, 0.05) is 45.9 Å². The topological polar surface area (TPSA) is 120 Å². The number of aromatic nitrogens is 4. The number of hydrogen-bond donors (Lipinski definition) is 1. The van der Waals surface area contributed by atoms with Crippen LogP contribution in [0.5, 0.6) is 11.5 Å². The van der Waals surface area contributed by atoms with Crippen molar-refractivity contribution >= 4 is 21.8 Å². The summed E-state index contributed by atoms with van der Waals surface area (Å²) in [6, 6.07) is 23.0. The number of rotatable bonds is 6. The Labute approximate surface area is 255 Å². The Kier molecular flexibility index (Phi) is 7.34. The van der Waals surface area contributed by atoms with Gasteiger partial charge in [-0.15, -0.1) is 0 Å². The molecule has 0 spiro atoms. The van der Waals surface area contributed by atoms with E-state index in [2.05, 4.69) is 36.0 Å². The minimum absolute atomic E-state index is 0.0648. The summed E-state index contributed by atoms with van der Waals surface area (Å²) in [7, 11) is 0. The standard InChI is InChI=1S/C36H28N6O2/c1-21(2)35-33(43)14-27(18-40-35)29-12-26-11-23(16-37)5-8-32(26)42(20-29)44-34-15-28(19-41-36(34)22(3)4)24-6-7-31-30(13-24)25(17-38)9-10-39-31/h5-15,18-22H,1-4H3/p+1. The lowest BCUT2D eigenvalue weighted by Crippen LogP contribution is -2.40. The van der Waals surface area contributed by atoms with Crippen LogP contribution in [0.3, 0.4) is 0 Å². The van der Waals surface area contributed by atoms with Gasteiger partial charge in [0.1, 0.15) is 5.75 Å². The molecule has 0 aliphatic rings. The van der Waals surface area contributed by atoms with Crippen LogP contribution in [0.25, 0.3) is 44.1 Å². The molecule has 0 unspecified atom stereocenters. The lowest BCUT2D eigenvalue weighted by Gasteiger charge is -2.13. The van der Waals surface area contributed by atoms with Crippen molar-refractivity contribution in [3.05, 3.63) is 108 Å². The van der Waals surface area contributed by atoms with Crippen LogP contribution in [0.15, 0.2) is 85.5 Å². The Morgan fingerprint density at radius 2 is 1.50 bits per heavy atom. The first-order chi connectivity index (χ1) is 21.2. The van der Waals surface area contributed by atoms with Crippen LogP contribution in [-0.4, -0.2) is 20.1 Å². The van der Waals surface area contributed by atoms with Gasteiger partial charge in [-0.05, 0) is 65.9 Å². The highest BCUT2D eigenvalue weighted by molar-refractivity contribution is 5.89. The van der Waals surface area contributed by atoms with E-state index in [1.165, 1.54) is 0 Å². The highest BCUT2D eigenvalue weighted by atomic mass is 16.7. The Balaban J connectivity index is 1.50. The predicted molar refractivity (Wildman–Crippen MR) is 168 cm³/mol. The lowest BCUT2D eigenvalue weighted by molar-refractivity contribution is -0.854. The molecule has 4 heterocycles. The van der Waals surface area contributed by atoms with Gasteiger partial charge in [-0.3, -0.25) is 15.0 Å². The van der Waals surface area contributed by atoms with Gasteiger partial charge in [-0.1, -0.05) is 33.8 Å². The van der Waals surface area contributed by atoms with Crippen LogP contribution in [0, 0.1) is 22.7 Å². The van der Waals surface area contributed by atoms with Crippen LogP contribution in [0.2, 0.25) is 0 Å². The third-order valence-electron chi connectivity index (χ3n) is 7.56. The fourth-order valence-corrected chi connectivity index (χ4v) is 5.29. The summed E-state index contributed by atoms with van der Waals surface area (Å²) in [5.41, 5.74) is 7.14. The van der Waals surface area contributed by atoms with E-state index in [0.717, 1.165) is 44.2 Å². The molecular formula is C36H29N6O2+. The summed E-state index contributed by atoms with van der Waals surface area (Å²) >= 11 is 0. The minimum atomic E-state index is 0.0648. The molecule has 6 aromatic rings. The molecule has 1 N–H and O–H groups in total. The second kappa shape index (κ2) is 11.4. The van der Waals surface area contributed by atoms with Crippen molar-refractivity contribution in [2.45, 2.75) is 39.5 Å². The number of hydrogen-bond acceptors (Lipinski definition) is 7. The van der Waals surface area contributed by atoms with Crippen LogP contribution in [0.1, 0.15) is 62.0 Å². The second-order valence-corrected chi connectivity index (χ2v) is 11.3. The molecule has 0 atom stereocenters. The molecule has 44 heavy (non-hydrogen) atoms. The Morgan fingerprint density at radius 1 is 0.750 bits per heavy atom. The first-order valence-electron chi connectivity index (χ1n) is 14.3. The van der Waals surface area contributed by atoms with Gasteiger partial charge in [0.15, 0.2) is 0 Å². The Bertz CT molecular complexity index is 2160. The van der Waals surface area contributed by atoms with E-state index in [9.17, 15) is 15.6 Å². The largest absolute Gasteiger partial charge is 0.506 e. The maximum absolute atomic E-state index is 10.7. The zero-order valence-electron chi connectivity index (χ0n) is 24.8. The van der Waals surface area contributed by atoms with Gasteiger partial charge in [0.05, 0.1) is 51.1 Å². The fraction of sp³-hybridized carbons (Fsp3) is 0.167. The molecular weight excluding hydrogens is 548 g/mol. The highest BCUT2D eigenvalue weighted by Crippen LogP contribution is 2.33. The highest BCUT2D eigenvalue weighted by Gasteiger charge is 2.22. The molecule has 6 rings (SSSR count). The number of benzene rings is 2. The molecule has 4 aromatic heterocycles. The van der Waals surface area contributed by atoms with Crippen LogP contribution >= 0.6 is 0 Å². The normalized spacial score (nSPS) is 11.2. The SMILES string of the molecule is CC(C)c1ncc(-c2cc3cc(C#N)ccc3[n+](Oc3cc(-c4ccc5nccc(C#N)c5c4)cnc3C(C)C)c2)cc1O. The first kappa shape index (κ1) is 28.3. The van der Waals surface area contributed by atoms with Gasteiger partial charge in [-0.2, -0.15) is 10.5 Å². The summed E-state index contributed by atoms with van der Waals surface area (Å²) in [6.45, 7) is 8.07. The molecule has 214 valence electrons. The number of pyridine rings is 4. The van der Waals surface area contributed by atoms with E-state index < -0.39 is 0 Å². The number of fused-ring (bicyclic) bond motifs is 2. The van der Waals surface area contributed by atoms with Gasteiger partial charge < -0.3 is 5.11 Å². The van der Waals surface area contributed by atoms with Crippen molar-refractivity contribution in [2.24, 2.45) is 0 Å². The zero-order valence-corrected chi connectivity index (χ0v) is 24.8. The molecule has 2 aromatic carbocycles. The quantitative estimate of drug-likeness (QED) is 0.206. The molecule has 8 heteroatoms. The molecule has 8 nitrogen and oxygen atoms in total. The van der Waals surface area contributed by atoms with Gasteiger partial charge in [0.2, 0.25) is 11.9 Å². The average Bonchev–Trinajstić information content (AvgIpc) is 3.03. The number of nitrogens with zero attached hydrogens (tertiary/aromatic N) is 6. The van der Waals surface area contributed by atoms with Crippen molar-refractivity contribution in [2.75, 3.05) is 0 Å². The zero-order chi connectivity index (χ0) is 31.0. The lowest BCUT2D eigenvalue weighted by atomic mass is 10.0. The summed E-state index contributed by atoms with van der Waals surface area (Å²) in [5, 5.41) is 31.5. The van der Waals surface area contributed by atoms with Gasteiger partial charge >= 0.3 is 0 Å². The third-order valence-corrected chi connectivity index (χ3v) is 7.56. The van der Waals surface area contributed by atoms with Crippen LogP contribution in [0.4, 0.5) is 0 Å². The number of nitriles is 2. The maximum Gasteiger partial charge on any atom is 0.265 e. The van der Waals surface area contributed by atoms with E-state index in [1.807, 2.05) is 68.7 Å².